The van der Waals surface area contributed by atoms with Gasteiger partial charge in [-0.2, -0.15) is 5.10 Å². The van der Waals surface area contributed by atoms with Crippen LogP contribution in [0.5, 0.6) is 11.5 Å². The molecule has 31 heavy (non-hydrogen) atoms. The third kappa shape index (κ3) is 6.67. The molecule has 0 aliphatic heterocycles. The van der Waals surface area contributed by atoms with E-state index >= 15 is 0 Å². The van der Waals surface area contributed by atoms with Crippen molar-refractivity contribution in [2.45, 2.75) is 19.6 Å². The van der Waals surface area contributed by atoms with E-state index in [1.807, 2.05) is 43.3 Å². The van der Waals surface area contributed by atoms with Crippen LogP contribution in [0, 0.1) is 0 Å². The highest BCUT2D eigenvalue weighted by Crippen LogP contribution is 2.29. The minimum atomic E-state index is -1.29. The number of rotatable bonds is 9. The molecule has 0 aliphatic carbocycles. The van der Waals surface area contributed by atoms with Gasteiger partial charge in [-0.1, -0.05) is 58.4 Å². The van der Waals surface area contributed by atoms with Gasteiger partial charge in [0, 0.05) is 4.47 Å². The second-order valence-electron chi connectivity index (χ2n) is 6.60. The molecule has 1 atom stereocenters. The fraction of sp³-hybridized carbons (Fsp3) is 0.167. The molecule has 0 fully saturated rings. The van der Waals surface area contributed by atoms with Crippen LogP contribution in [0.15, 0.2) is 82.4 Å². The summed E-state index contributed by atoms with van der Waals surface area (Å²) in [6.45, 7) is 2.79. The second kappa shape index (κ2) is 11.3. The van der Waals surface area contributed by atoms with Crippen LogP contribution in [0.4, 0.5) is 0 Å². The first-order chi connectivity index (χ1) is 15.1. The maximum atomic E-state index is 12.1. The van der Waals surface area contributed by atoms with Crippen molar-refractivity contribution in [3.05, 3.63) is 94.0 Å². The molecule has 0 bridgehead atoms. The summed E-state index contributed by atoms with van der Waals surface area (Å²) < 4.78 is 12.6. The van der Waals surface area contributed by atoms with Gasteiger partial charge in [0.1, 0.15) is 6.61 Å². The van der Waals surface area contributed by atoms with Gasteiger partial charge >= 0.3 is 0 Å². The van der Waals surface area contributed by atoms with Crippen molar-refractivity contribution >= 4 is 28.1 Å². The number of nitrogens with zero attached hydrogens (tertiary/aromatic N) is 1. The fourth-order valence-corrected chi connectivity index (χ4v) is 3.02. The number of amides is 1. The second-order valence-corrected chi connectivity index (χ2v) is 7.52. The van der Waals surface area contributed by atoms with Crippen molar-refractivity contribution in [1.82, 2.24) is 5.43 Å². The van der Waals surface area contributed by atoms with Gasteiger partial charge in [0.05, 0.1) is 12.8 Å². The molecule has 160 valence electrons. The van der Waals surface area contributed by atoms with E-state index in [4.69, 9.17) is 9.47 Å². The standard InChI is InChI=1S/C24H23BrN2O4/c1-2-30-22-14-18(10-13-21(22)31-16-17-8-11-20(25)12-9-17)15-26-27-24(29)23(28)19-6-4-3-5-7-19/h3-15,23,28H,2,16H2,1H3,(H,27,29)/b26-15-/t23-/m0/s1. The van der Waals surface area contributed by atoms with Crippen molar-refractivity contribution in [3.63, 3.8) is 0 Å². The monoisotopic (exact) mass is 482 g/mol. The van der Waals surface area contributed by atoms with Gasteiger partial charge in [0.25, 0.3) is 5.91 Å². The van der Waals surface area contributed by atoms with Gasteiger partial charge < -0.3 is 14.6 Å². The smallest absolute Gasteiger partial charge is 0.273 e. The number of hydrazone groups is 1. The average molecular weight is 483 g/mol. The molecule has 3 rings (SSSR count). The molecule has 3 aromatic carbocycles. The molecule has 6 nitrogen and oxygen atoms in total. The van der Waals surface area contributed by atoms with Crippen LogP contribution in [-0.2, 0) is 11.4 Å². The van der Waals surface area contributed by atoms with Crippen molar-refractivity contribution in [3.8, 4) is 11.5 Å². The fourth-order valence-electron chi connectivity index (χ4n) is 2.75. The Morgan fingerprint density at radius 1 is 1.06 bits per heavy atom. The SMILES string of the molecule is CCOc1cc(/C=N\NC(=O)[C@@H](O)c2ccccc2)ccc1OCc1ccc(Br)cc1. The number of benzene rings is 3. The molecule has 7 heteroatoms. The number of carbonyl (C=O) groups is 1. The molecular weight excluding hydrogens is 460 g/mol. The number of hydrogen-bond acceptors (Lipinski definition) is 5. The largest absolute Gasteiger partial charge is 0.490 e. The molecule has 0 spiro atoms. The summed E-state index contributed by atoms with van der Waals surface area (Å²) in [5.74, 6) is 0.589. The Bertz CT molecular complexity index is 1020. The van der Waals surface area contributed by atoms with Crippen LogP contribution in [-0.4, -0.2) is 23.8 Å². The van der Waals surface area contributed by atoms with Crippen LogP contribution in [0.3, 0.4) is 0 Å². The summed E-state index contributed by atoms with van der Waals surface area (Å²) in [6, 6.07) is 22.0. The van der Waals surface area contributed by atoms with Gasteiger partial charge in [-0.25, -0.2) is 5.43 Å². The third-order valence-corrected chi connectivity index (χ3v) is 4.86. The zero-order valence-corrected chi connectivity index (χ0v) is 18.6. The summed E-state index contributed by atoms with van der Waals surface area (Å²) >= 11 is 3.42. The van der Waals surface area contributed by atoms with Gasteiger partial charge in [-0.05, 0) is 53.9 Å². The van der Waals surface area contributed by atoms with Crippen molar-refractivity contribution in [1.29, 1.82) is 0 Å². The van der Waals surface area contributed by atoms with E-state index in [1.165, 1.54) is 6.21 Å². The van der Waals surface area contributed by atoms with Gasteiger partial charge in [0.15, 0.2) is 17.6 Å². The topological polar surface area (TPSA) is 80.2 Å². The first kappa shape index (κ1) is 22.5. The summed E-state index contributed by atoms with van der Waals surface area (Å²) in [5, 5.41) is 14.0. The number of carbonyl (C=O) groups excluding carboxylic acids is 1. The van der Waals surface area contributed by atoms with E-state index in [-0.39, 0.29) is 0 Å². The van der Waals surface area contributed by atoms with Crippen molar-refractivity contribution < 1.29 is 19.4 Å². The summed E-state index contributed by atoms with van der Waals surface area (Å²) in [4.78, 5) is 12.1. The summed E-state index contributed by atoms with van der Waals surface area (Å²) in [5.41, 5.74) is 4.61. The lowest BCUT2D eigenvalue weighted by Crippen LogP contribution is -2.25. The normalized spacial score (nSPS) is 11.8. The summed E-state index contributed by atoms with van der Waals surface area (Å²) in [7, 11) is 0. The highest BCUT2D eigenvalue weighted by atomic mass is 79.9. The van der Waals surface area contributed by atoms with Crippen LogP contribution in [0.25, 0.3) is 0 Å². The number of ether oxygens (including phenoxy) is 2. The zero-order valence-electron chi connectivity index (χ0n) is 17.0. The quantitative estimate of drug-likeness (QED) is 0.344. The first-order valence-corrected chi connectivity index (χ1v) is 10.6. The Hall–Kier alpha value is -3.16. The Labute approximate surface area is 189 Å². The highest BCUT2D eigenvalue weighted by Gasteiger charge is 2.16. The molecule has 0 heterocycles. The van der Waals surface area contributed by atoms with Gasteiger partial charge in [0.2, 0.25) is 0 Å². The molecule has 0 aromatic heterocycles. The molecule has 0 unspecified atom stereocenters. The van der Waals surface area contributed by atoms with E-state index in [1.54, 1.807) is 36.4 Å². The molecule has 0 radical (unpaired) electrons. The Morgan fingerprint density at radius 2 is 1.81 bits per heavy atom. The number of aliphatic hydroxyl groups is 1. The Balaban J connectivity index is 1.62. The predicted molar refractivity (Wildman–Crippen MR) is 123 cm³/mol. The van der Waals surface area contributed by atoms with Gasteiger partial charge in [-0.3, -0.25) is 4.79 Å². The molecule has 0 saturated carbocycles. The van der Waals surface area contributed by atoms with E-state index in [2.05, 4.69) is 26.5 Å². The lowest BCUT2D eigenvalue weighted by Gasteiger charge is -2.13. The number of halogens is 1. The lowest BCUT2D eigenvalue weighted by molar-refractivity contribution is -0.129. The molecule has 1 amide bonds. The minimum absolute atomic E-state index is 0.411. The molecule has 0 aliphatic rings. The maximum absolute atomic E-state index is 12.1. The van der Waals surface area contributed by atoms with Gasteiger partial charge in [-0.15, -0.1) is 0 Å². The van der Waals surface area contributed by atoms with Crippen molar-refractivity contribution in [2.24, 2.45) is 5.10 Å². The van der Waals surface area contributed by atoms with E-state index in [9.17, 15) is 9.90 Å². The minimum Gasteiger partial charge on any atom is -0.490 e. The zero-order chi connectivity index (χ0) is 22.1. The number of aliphatic hydroxyl groups excluding tert-OH is 1. The number of hydrogen-bond donors (Lipinski definition) is 2. The lowest BCUT2D eigenvalue weighted by atomic mass is 10.1. The third-order valence-electron chi connectivity index (χ3n) is 4.33. The first-order valence-electron chi connectivity index (χ1n) is 9.77. The summed E-state index contributed by atoms with van der Waals surface area (Å²) in [6.07, 6.45) is 0.197. The number of nitrogens with one attached hydrogen (secondary N) is 1. The van der Waals surface area contributed by atoms with Crippen LogP contribution >= 0.6 is 15.9 Å². The Morgan fingerprint density at radius 3 is 2.52 bits per heavy atom. The van der Waals surface area contributed by atoms with E-state index in [0.29, 0.717) is 35.8 Å². The Kier molecular flexibility index (Phi) is 8.20. The molecule has 2 N–H and O–H groups in total. The molecule has 0 saturated heterocycles. The molecular formula is C24H23BrN2O4. The predicted octanol–water partition coefficient (Wildman–Crippen LogP) is 4.61. The van der Waals surface area contributed by atoms with E-state index in [0.717, 1.165) is 10.0 Å². The van der Waals surface area contributed by atoms with Crippen LogP contribution in [0.2, 0.25) is 0 Å². The van der Waals surface area contributed by atoms with Crippen LogP contribution in [0.1, 0.15) is 29.7 Å². The van der Waals surface area contributed by atoms with E-state index < -0.39 is 12.0 Å². The highest BCUT2D eigenvalue weighted by molar-refractivity contribution is 9.10. The van der Waals surface area contributed by atoms with Crippen molar-refractivity contribution in [2.75, 3.05) is 6.61 Å². The maximum Gasteiger partial charge on any atom is 0.273 e. The van der Waals surface area contributed by atoms with Crippen LogP contribution < -0.4 is 14.9 Å². The average Bonchev–Trinajstić information content (AvgIpc) is 2.80. The molecule has 3 aromatic rings.